The lowest BCUT2D eigenvalue weighted by atomic mass is 10.1. The van der Waals surface area contributed by atoms with Crippen molar-refractivity contribution in [2.24, 2.45) is 5.73 Å². The number of carbonyl (C=O) groups excluding carboxylic acids is 2. The molecule has 0 fully saturated rings. The molecule has 0 spiro atoms. The van der Waals surface area contributed by atoms with Crippen molar-refractivity contribution >= 4 is 29.3 Å². The highest BCUT2D eigenvalue weighted by Gasteiger charge is 2.15. The molecule has 8 nitrogen and oxygen atoms in total. The molecule has 3 N–H and O–H groups in total. The number of aryl methyl sites for hydroxylation is 1. The molecule has 4 rings (SSSR count). The standard InChI is InChI=1S/C24H23N5O3S/c25-21(30)12-13-22-27-28-24(29(22)15-20-7-4-14-32-20)33-16-17-8-10-18(11-9-17)23(31)26-19-5-2-1-3-6-19/h1-11,14H,12-13,15-16H2,(H2,25,30)(H,26,31). The predicted octanol–water partition coefficient (Wildman–Crippen LogP) is 3.88. The van der Waals surface area contributed by atoms with Gasteiger partial charge in [-0.1, -0.05) is 42.1 Å². The van der Waals surface area contributed by atoms with Crippen molar-refractivity contribution in [3.63, 3.8) is 0 Å². The number of primary amides is 1. The van der Waals surface area contributed by atoms with E-state index in [2.05, 4.69) is 15.5 Å². The first-order valence-corrected chi connectivity index (χ1v) is 11.4. The summed E-state index contributed by atoms with van der Waals surface area (Å²) in [7, 11) is 0. The van der Waals surface area contributed by atoms with Crippen molar-refractivity contribution in [1.82, 2.24) is 14.8 Å². The molecule has 0 aliphatic rings. The average Bonchev–Trinajstić information content (AvgIpc) is 3.47. The van der Waals surface area contributed by atoms with Gasteiger partial charge in [-0.05, 0) is 42.0 Å². The summed E-state index contributed by atoms with van der Waals surface area (Å²) in [5.41, 5.74) is 7.68. The van der Waals surface area contributed by atoms with Crippen molar-refractivity contribution in [3.05, 3.63) is 95.7 Å². The van der Waals surface area contributed by atoms with Gasteiger partial charge in [-0.2, -0.15) is 0 Å². The fraction of sp³-hybridized carbons (Fsp3) is 0.167. The summed E-state index contributed by atoms with van der Waals surface area (Å²) in [6.07, 6.45) is 2.23. The third kappa shape index (κ3) is 6.11. The lowest BCUT2D eigenvalue weighted by Crippen LogP contribution is -2.14. The minimum absolute atomic E-state index is 0.155. The van der Waals surface area contributed by atoms with E-state index in [1.165, 1.54) is 11.8 Å². The molecule has 0 saturated heterocycles. The lowest BCUT2D eigenvalue weighted by molar-refractivity contribution is -0.118. The lowest BCUT2D eigenvalue weighted by Gasteiger charge is -2.09. The molecule has 4 aromatic rings. The van der Waals surface area contributed by atoms with E-state index in [-0.39, 0.29) is 18.2 Å². The fourth-order valence-electron chi connectivity index (χ4n) is 3.19. The number of carbonyl (C=O) groups is 2. The summed E-state index contributed by atoms with van der Waals surface area (Å²) in [5, 5.41) is 12.1. The van der Waals surface area contributed by atoms with Gasteiger partial charge >= 0.3 is 0 Å². The van der Waals surface area contributed by atoms with Crippen LogP contribution in [-0.4, -0.2) is 26.6 Å². The number of nitrogens with two attached hydrogens (primary N) is 1. The highest BCUT2D eigenvalue weighted by atomic mass is 32.2. The molecule has 0 aliphatic carbocycles. The van der Waals surface area contributed by atoms with Gasteiger partial charge < -0.3 is 15.5 Å². The molecule has 0 unspecified atom stereocenters. The van der Waals surface area contributed by atoms with Crippen LogP contribution in [0.15, 0.2) is 82.6 Å². The molecule has 168 valence electrons. The Morgan fingerprint density at radius 3 is 2.48 bits per heavy atom. The van der Waals surface area contributed by atoms with Gasteiger partial charge in [0.05, 0.1) is 12.8 Å². The molecule has 2 amide bonds. The SMILES string of the molecule is NC(=O)CCc1nnc(SCc2ccc(C(=O)Nc3ccccc3)cc2)n1Cc1ccco1. The minimum Gasteiger partial charge on any atom is -0.467 e. The quantitative estimate of drug-likeness (QED) is 0.346. The number of nitrogens with one attached hydrogen (secondary N) is 1. The van der Waals surface area contributed by atoms with Crippen molar-refractivity contribution in [1.29, 1.82) is 0 Å². The number of hydrogen-bond acceptors (Lipinski definition) is 6. The van der Waals surface area contributed by atoms with E-state index in [4.69, 9.17) is 10.2 Å². The maximum atomic E-state index is 12.4. The van der Waals surface area contributed by atoms with Crippen LogP contribution in [0.2, 0.25) is 0 Å². The Hall–Kier alpha value is -3.85. The number of amides is 2. The van der Waals surface area contributed by atoms with E-state index in [0.717, 1.165) is 22.2 Å². The molecule has 2 heterocycles. The first-order chi connectivity index (χ1) is 16.1. The van der Waals surface area contributed by atoms with Gasteiger partial charge in [-0.25, -0.2) is 0 Å². The number of rotatable bonds is 10. The Morgan fingerprint density at radius 1 is 1.00 bits per heavy atom. The van der Waals surface area contributed by atoms with Crippen LogP contribution in [-0.2, 0) is 23.5 Å². The van der Waals surface area contributed by atoms with Crippen LogP contribution in [0.1, 0.15) is 33.9 Å². The Kier molecular flexibility index (Phi) is 7.21. The molecule has 9 heteroatoms. The molecule has 0 radical (unpaired) electrons. The van der Waals surface area contributed by atoms with Gasteiger partial charge in [-0.3, -0.25) is 14.2 Å². The van der Waals surface area contributed by atoms with E-state index in [9.17, 15) is 9.59 Å². The van der Waals surface area contributed by atoms with Crippen molar-refractivity contribution in [2.75, 3.05) is 5.32 Å². The second-order valence-electron chi connectivity index (χ2n) is 7.34. The molecule has 0 saturated carbocycles. The Bertz CT molecular complexity index is 1200. The monoisotopic (exact) mass is 461 g/mol. The Morgan fingerprint density at radius 2 is 1.79 bits per heavy atom. The van der Waals surface area contributed by atoms with E-state index in [1.807, 2.05) is 59.2 Å². The first-order valence-electron chi connectivity index (χ1n) is 10.4. The van der Waals surface area contributed by atoms with E-state index in [1.54, 1.807) is 18.4 Å². The van der Waals surface area contributed by atoms with Crippen LogP contribution < -0.4 is 11.1 Å². The molecule has 0 atom stereocenters. The highest BCUT2D eigenvalue weighted by Crippen LogP contribution is 2.24. The zero-order chi connectivity index (χ0) is 23.0. The number of aromatic nitrogens is 3. The maximum Gasteiger partial charge on any atom is 0.255 e. The summed E-state index contributed by atoms with van der Waals surface area (Å²) in [6.45, 7) is 0.467. The summed E-state index contributed by atoms with van der Waals surface area (Å²) in [4.78, 5) is 23.6. The topological polar surface area (TPSA) is 116 Å². The molecular formula is C24H23N5O3S. The number of hydrogen-bond donors (Lipinski definition) is 2. The van der Waals surface area contributed by atoms with E-state index in [0.29, 0.717) is 30.1 Å². The summed E-state index contributed by atoms with van der Waals surface area (Å²) >= 11 is 1.52. The predicted molar refractivity (Wildman–Crippen MR) is 126 cm³/mol. The number of furan rings is 1. The highest BCUT2D eigenvalue weighted by molar-refractivity contribution is 7.98. The normalized spacial score (nSPS) is 10.8. The third-order valence-corrected chi connectivity index (χ3v) is 5.94. The van der Waals surface area contributed by atoms with Gasteiger partial charge in [0.2, 0.25) is 5.91 Å². The van der Waals surface area contributed by atoms with Crippen LogP contribution in [0.5, 0.6) is 0 Å². The zero-order valence-corrected chi connectivity index (χ0v) is 18.6. The average molecular weight is 462 g/mol. The van der Waals surface area contributed by atoms with Gasteiger partial charge in [0, 0.05) is 29.8 Å². The fourth-order valence-corrected chi connectivity index (χ4v) is 4.10. The summed E-state index contributed by atoms with van der Waals surface area (Å²) in [5.74, 6) is 1.56. The zero-order valence-electron chi connectivity index (χ0n) is 17.8. The van der Waals surface area contributed by atoms with Crippen molar-refractivity contribution in [2.45, 2.75) is 30.3 Å². The third-order valence-electron chi connectivity index (χ3n) is 4.90. The number of para-hydroxylation sites is 1. The van der Waals surface area contributed by atoms with Gasteiger partial charge in [0.15, 0.2) is 5.16 Å². The van der Waals surface area contributed by atoms with Gasteiger partial charge in [0.25, 0.3) is 5.91 Å². The van der Waals surface area contributed by atoms with Gasteiger partial charge in [0.1, 0.15) is 11.6 Å². The number of thioether (sulfide) groups is 1. The van der Waals surface area contributed by atoms with Crippen LogP contribution in [0.4, 0.5) is 5.69 Å². The molecule has 33 heavy (non-hydrogen) atoms. The second-order valence-corrected chi connectivity index (χ2v) is 8.28. The summed E-state index contributed by atoms with van der Waals surface area (Å²) in [6, 6.07) is 20.5. The van der Waals surface area contributed by atoms with Crippen LogP contribution in [0.3, 0.4) is 0 Å². The number of anilines is 1. The van der Waals surface area contributed by atoms with Crippen molar-refractivity contribution in [3.8, 4) is 0 Å². The first kappa shape index (κ1) is 22.3. The molecule has 2 aromatic carbocycles. The van der Waals surface area contributed by atoms with Crippen LogP contribution >= 0.6 is 11.8 Å². The number of nitrogens with zero attached hydrogens (tertiary/aromatic N) is 3. The number of benzene rings is 2. The van der Waals surface area contributed by atoms with E-state index >= 15 is 0 Å². The van der Waals surface area contributed by atoms with E-state index < -0.39 is 0 Å². The molecular weight excluding hydrogens is 438 g/mol. The maximum absolute atomic E-state index is 12.4. The molecule has 2 aromatic heterocycles. The molecule has 0 aliphatic heterocycles. The van der Waals surface area contributed by atoms with Crippen molar-refractivity contribution < 1.29 is 14.0 Å². The second kappa shape index (κ2) is 10.6. The minimum atomic E-state index is -0.381. The van der Waals surface area contributed by atoms with Crippen LogP contribution in [0.25, 0.3) is 0 Å². The van der Waals surface area contributed by atoms with Crippen LogP contribution in [0, 0.1) is 0 Å². The Labute approximate surface area is 195 Å². The largest absolute Gasteiger partial charge is 0.467 e. The smallest absolute Gasteiger partial charge is 0.255 e. The molecule has 0 bridgehead atoms. The summed E-state index contributed by atoms with van der Waals surface area (Å²) < 4.78 is 7.41. The Balaban J connectivity index is 1.41. The van der Waals surface area contributed by atoms with Gasteiger partial charge in [-0.15, -0.1) is 10.2 Å².